The molecular formula is C40H72N2OP2. The zero-order chi connectivity index (χ0) is 33.3. The molecule has 0 aromatic rings. The number of rotatable bonds is 9. The van der Waals surface area contributed by atoms with Crippen molar-refractivity contribution in [1.82, 2.24) is 10.6 Å². The van der Waals surface area contributed by atoms with Gasteiger partial charge in [0.2, 0.25) is 5.91 Å². The van der Waals surface area contributed by atoms with E-state index in [1.54, 1.807) is 0 Å². The van der Waals surface area contributed by atoms with Crippen molar-refractivity contribution in [2.45, 2.75) is 156 Å². The lowest BCUT2D eigenvalue weighted by molar-refractivity contribution is -0.122. The van der Waals surface area contributed by atoms with Gasteiger partial charge in [-0.1, -0.05) is 75.8 Å². The molecular weight excluding hydrogens is 586 g/mol. The predicted molar refractivity (Wildman–Crippen MR) is 200 cm³/mol. The minimum atomic E-state index is 0.223. The van der Waals surface area contributed by atoms with Crippen molar-refractivity contribution in [3.63, 3.8) is 0 Å². The molecule has 1 amide bonds. The maximum absolute atomic E-state index is 12.8. The highest BCUT2D eigenvalue weighted by Gasteiger charge is 2.63. The van der Waals surface area contributed by atoms with Gasteiger partial charge in [0.15, 0.2) is 0 Å². The fourth-order valence-corrected chi connectivity index (χ4v) is 14.4. The average molecular weight is 659 g/mol. The zero-order valence-electron chi connectivity index (χ0n) is 31.5. The summed E-state index contributed by atoms with van der Waals surface area (Å²) in [4.78, 5) is 12.8. The SMILES string of the molecule is C=C(NC1CC2CCC1(C)C2(C)C)C(C)(CC(C)(C)C)PC.CPC(CC(C)(C)C)C(=O)NC1CC2CC1C1C3CCC(C3)C21. The molecule has 45 heavy (non-hydrogen) atoms. The van der Waals surface area contributed by atoms with Crippen LogP contribution in [0.3, 0.4) is 0 Å². The first-order chi connectivity index (χ1) is 20.7. The number of fused-ring (bicyclic) bond motifs is 11. The monoisotopic (exact) mass is 659 g/mol. The molecule has 6 fully saturated rings. The molecule has 0 radical (unpaired) electrons. The molecule has 5 heteroatoms. The second kappa shape index (κ2) is 12.6. The molecule has 0 aromatic carbocycles. The van der Waals surface area contributed by atoms with Crippen molar-refractivity contribution in [3.05, 3.63) is 12.3 Å². The first-order valence-electron chi connectivity index (χ1n) is 18.9. The quantitative estimate of drug-likeness (QED) is 0.191. The molecule has 6 aliphatic carbocycles. The van der Waals surface area contributed by atoms with E-state index < -0.39 is 0 Å². The summed E-state index contributed by atoms with van der Waals surface area (Å²) in [5, 5.41) is 7.68. The Morgan fingerprint density at radius 3 is 2.00 bits per heavy atom. The molecule has 6 aliphatic rings. The van der Waals surface area contributed by atoms with Gasteiger partial charge in [0.1, 0.15) is 0 Å². The van der Waals surface area contributed by atoms with E-state index >= 15 is 0 Å². The van der Waals surface area contributed by atoms with Crippen LogP contribution < -0.4 is 10.6 Å². The Balaban J connectivity index is 0.000000178. The number of carbonyl (C=O) groups excluding carboxylic acids is 1. The van der Waals surface area contributed by atoms with Gasteiger partial charge in [0.05, 0.1) is 5.66 Å². The van der Waals surface area contributed by atoms with Crippen LogP contribution in [0.1, 0.15) is 133 Å². The standard InChI is InChI=1S/C20H34NOP.C20H38NP/c1-20(2,3)10-16(23-4)19(22)21-15-9-13-8-14(15)18-12-6-5-11(7-12)17(13)18;1-14(20(8,22-9)13-17(2,3)4)21-16-12-15-10-11-19(16,7)18(15,5)6/h11-18,23H,5-10H2,1-4H3,(H,21,22);15-16,21-22H,1,10-13H2,2-9H3. The van der Waals surface area contributed by atoms with Gasteiger partial charge in [0, 0.05) is 22.9 Å². The van der Waals surface area contributed by atoms with Gasteiger partial charge < -0.3 is 10.6 Å². The minimum absolute atomic E-state index is 0.223. The van der Waals surface area contributed by atoms with Crippen LogP contribution in [0.5, 0.6) is 0 Å². The third-order valence-corrected chi connectivity index (χ3v) is 17.5. The van der Waals surface area contributed by atoms with Crippen LogP contribution in [0.15, 0.2) is 12.3 Å². The minimum Gasteiger partial charge on any atom is -0.385 e. The summed E-state index contributed by atoms with van der Waals surface area (Å²) in [6, 6.07) is 1.12. The van der Waals surface area contributed by atoms with Crippen LogP contribution in [0.25, 0.3) is 0 Å². The average Bonchev–Trinajstić information content (AvgIpc) is 3.76. The molecule has 0 saturated heterocycles. The summed E-state index contributed by atoms with van der Waals surface area (Å²) >= 11 is 0. The van der Waals surface area contributed by atoms with Crippen molar-refractivity contribution in [2.75, 3.05) is 13.3 Å². The van der Waals surface area contributed by atoms with E-state index in [1.807, 2.05) is 0 Å². The molecule has 0 aliphatic heterocycles. The van der Waals surface area contributed by atoms with Gasteiger partial charge in [-0.3, -0.25) is 4.79 Å². The summed E-state index contributed by atoms with van der Waals surface area (Å²) in [6.07, 6.45) is 13.6. The third kappa shape index (κ3) is 6.86. The lowest BCUT2D eigenvalue weighted by Crippen LogP contribution is -2.47. The van der Waals surface area contributed by atoms with E-state index in [2.05, 4.69) is 99.8 Å². The molecule has 6 bridgehead atoms. The lowest BCUT2D eigenvalue weighted by Gasteiger charge is -2.44. The van der Waals surface area contributed by atoms with Crippen molar-refractivity contribution in [3.8, 4) is 0 Å². The maximum atomic E-state index is 12.8. The molecule has 6 saturated carbocycles. The fraction of sp³-hybridized carbons (Fsp3) is 0.925. The Bertz CT molecular complexity index is 1100. The summed E-state index contributed by atoms with van der Waals surface area (Å²) < 4.78 is 0. The number of nitrogens with one attached hydrogen (secondary N) is 2. The normalized spacial score (nSPS) is 41.4. The highest BCUT2D eigenvalue weighted by molar-refractivity contribution is 7.39. The summed E-state index contributed by atoms with van der Waals surface area (Å²) in [5.41, 5.74) is 3.01. The Labute approximate surface area is 282 Å². The van der Waals surface area contributed by atoms with E-state index in [4.69, 9.17) is 0 Å². The largest absolute Gasteiger partial charge is 0.385 e. The first kappa shape index (κ1) is 36.2. The van der Waals surface area contributed by atoms with Crippen LogP contribution >= 0.6 is 17.2 Å². The van der Waals surface area contributed by atoms with E-state index in [0.717, 1.165) is 65.0 Å². The predicted octanol–water partition coefficient (Wildman–Crippen LogP) is 10.1. The van der Waals surface area contributed by atoms with Crippen LogP contribution in [-0.2, 0) is 4.79 Å². The van der Waals surface area contributed by atoms with Crippen LogP contribution in [0.2, 0.25) is 0 Å². The summed E-state index contributed by atoms with van der Waals surface area (Å²) in [5.74, 6) is 7.10. The molecule has 258 valence electrons. The van der Waals surface area contributed by atoms with Crippen molar-refractivity contribution < 1.29 is 4.79 Å². The first-order valence-corrected chi connectivity index (χ1v) is 21.9. The molecule has 0 aromatic heterocycles. The number of amides is 1. The van der Waals surface area contributed by atoms with Crippen molar-refractivity contribution in [1.29, 1.82) is 0 Å². The Hall–Kier alpha value is -0.130. The van der Waals surface area contributed by atoms with Crippen molar-refractivity contribution in [2.24, 2.45) is 63.1 Å². The second-order valence-electron chi connectivity index (χ2n) is 20.2. The highest BCUT2D eigenvalue weighted by Crippen LogP contribution is 2.68. The molecule has 3 nitrogen and oxygen atoms in total. The van der Waals surface area contributed by atoms with Gasteiger partial charge in [-0.2, -0.15) is 0 Å². The molecule has 2 N–H and O–H groups in total. The Kier molecular flexibility index (Phi) is 10.2. The number of hydrogen-bond acceptors (Lipinski definition) is 2. The smallest absolute Gasteiger partial charge is 0.227 e. The highest BCUT2D eigenvalue weighted by atomic mass is 31.1. The van der Waals surface area contributed by atoms with Gasteiger partial charge in [-0.05, 0) is 141 Å². The van der Waals surface area contributed by atoms with Gasteiger partial charge in [-0.15, -0.1) is 17.2 Å². The summed E-state index contributed by atoms with van der Waals surface area (Å²) in [7, 11) is 1.62. The topological polar surface area (TPSA) is 41.1 Å². The molecule has 14 atom stereocenters. The number of carbonyl (C=O) groups is 1. The zero-order valence-corrected chi connectivity index (χ0v) is 33.5. The molecule has 6 rings (SSSR count). The van der Waals surface area contributed by atoms with Crippen LogP contribution in [0.4, 0.5) is 0 Å². The Morgan fingerprint density at radius 2 is 1.49 bits per heavy atom. The van der Waals surface area contributed by atoms with Crippen LogP contribution in [0, 0.1) is 63.1 Å². The van der Waals surface area contributed by atoms with E-state index in [1.165, 1.54) is 63.5 Å². The molecule has 14 unspecified atom stereocenters. The van der Waals surface area contributed by atoms with Crippen molar-refractivity contribution >= 4 is 23.1 Å². The van der Waals surface area contributed by atoms with E-state index in [9.17, 15) is 4.79 Å². The van der Waals surface area contributed by atoms with E-state index in [-0.39, 0.29) is 16.2 Å². The Morgan fingerprint density at radius 1 is 0.844 bits per heavy atom. The summed E-state index contributed by atoms with van der Waals surface area (Å²) in [6.45, 7) is 32.8. The lowest BCUT2D eigenvalue weighted by atomic mass is 9.69. The maximum Gasteiger partial charge on any atom is 0.227 e. The van der Waals surface area contributed by atoms with E-state index in [0.29, 0.717) is 34.2 Å². The van der Waals surface area contributed by atoms with Gasteiger partial charge in [0.25, 0.3) is 0 Å². The number of hydrogen-bond donors (Lipinski definition) is 2. The molecule has 0 heterocycles. The third-order valence-electron chi connectivity index (χ3n) is 14.8. The fourth-order valence-electron chi connectivity index (χ4n) is 12.2. The van der Waals surface area contributed by atoms with Crippen LogP contribution in [-0.4, -0.2) is 42.1 Å². The second-order valence-corrected chi connectivity index (χ2v) is 23.1. The van der Waals surface area contributed by atoms with Gasteiger partial charge >= 0.3 is 0 Å². The number of allylic oxidation sites excluding steroid dienone is 1. The molecule has 0 spiro atoms. The van der Waals surface area contributed by atoms with Gasteiger partial charge in [-0.25, -0.2) is 0 Å².